The number of benzene rings is 2. The molecule has 0 bridgehead atoms. The number of carbonyl (C=O) groups is 1. The molecule has 0 unspecified atom stereocenters. The first-order chi connectivity index (χ1) is 16.7. The molecule has 1 saturated carbocycles. The fraction of sp³-hybridized carbons (Fsp3) is 0.552. The largest absolute Gasteiger partial charge is 0.491 e. The van der Waals surface area contributed by atoms with Crippen molar-refractivity contribution in [1.29, 1.82) is 0 Å². The highest BCUT2D eigenvalue weighted by molar-refractivity contribution is 6.31. The smallest absolute Gasteiger partial charge is 0.226 e. The van der Waals surface area contributed by atoms with Crippen LogP contribution in [0.4, 0.5) is 0 Å². The molecule has 6 heteroatoms. The third-order valence-electron chi connectivity index (χ3n) is 8.79. The van der Waals surface area contributed by atoms with Gasteiger partial charge in [-0.05, 0) is 86.3 Å². The number of ether oxygens (including phenoxy) is 1. The van der Waals surface area contributed by atoms with Crippen molar-refractivity contribution in [3.05, 3.63) is 63.6 Å². The van der Waals surface area contributed by atoms with Crippen LogP contribution in [0.25, 0.3) is 0 Å². The van der Waals surface area contributed by atoms with Crippen molar-refractivity contribution in [3.8, 4) is 5.75 Å². The molecule has 0 spiro atoms. The summed E-state index contributed by atoms with van der Waals surface area (Å²) in [6.45, 7) is 8.42. The molecule has 1 amide bonds. The first-order valence-electron chi connectivity index (χ1n) is 12.9. The molecule has 1 heterocycles. The van der Waals surface area contributed by atoms with Gasteiger partial charge in [-0.15, -0.1) is 0 Å². The molecule has 2 aromatic rings. The van der Waals surface area contributed by atoms with E-state index < -0.39 is 5.60 Å². The molecule has 2 N–H and O–H groups in total. The molecule has 1 saturated heterocycles. The molecule has 2 aliphatic rings. The number of halogens is 2. The molecule has 1 aliphatic carbocycles. The van der Waals surface area contributed by atoms with Crippen LogP contribution in [-0.4, -0.2) is 29.3 Å². The normalized spacial score (nSPS) is 28.5. The van der Waals surface area contributed by atoms with E-state index in [9.17, 15) is 9.90 Å². The van der Waals surface area contributed by atoms with E-state index in [0.717, 1.165) is 24.8 Å². The number of fused-ring (bicyclic) bond motifs is 1. The molecule has 0 aromatic heterocycles. The van der Waals surface area contributed by atoms with Gasteiger partial charge in [-0.3, -0.25) is 4.79 Å². The summed E-state index contributed by atoms with van der Waals surface area (Å²) in [6, 6.07) is 14.0. The van der Waals surface area contributed by atoms with Gasteiger partial charge in [0.15, 0.2) is 0 Å². The number of hydrogen-bond acceptors (Lipinski definition) is 3. The van der Waals surface area contributed by atoms with Crippen LogP contribution in [0.5, 0.6) is 5.75 Å². The predicted octanol–water partition coefficient (Wildman–Crippen LogP) is 7.12. The van der Waals surface area contributed by atoms with Gasteiger partial charge in [-0.2, -0.15) is 0 Å². The van der Waals surface area contributed by atoms with Gasteiger partial charge in [-0.25, -0.2) is 0 Å². The molecule has 35 heavy (non-hydrogen) atoms. The minimum Gasteiger partial charge on any atom is -0.491 e. The Morgan fingerprint density at radius 3 is 2.40 bits per heavy atom. The van der Waals surface area contributed by atoms with Crippen molar-refractivity contribution in [2.75, 3.05) is 6.61 Å². The van der Waals surface area contributed by atoms with Crippen LogP contribution in [0.1, 0.15) is 82.8 Å². The Labute approximate surface area is 219 Å². The van der Waals surface area contributed by atoms with Crippen LogP contribution < -0.4 is 10.1 Å². The lowest BCUT2D eigenvalue weighted by molar-refractivity contribution is -0.131. The lowest BCUT2D eigenvalue weighted by atomic mass is 9.54. The van der Waals surface area contributed by atoms with Crippen molar-refractivity contribution < 1.29 is 14.6 Å². The van der Waals surface area contributed by atoms with E-state index >= 15 is 0 Å². The van der Waals surface area contributed by atoms with Gasteiger partial charge in [0.05, 0.1) is 11.0 Å². The second-order valence-electron chi connectivity index (χ2n) is 10.4. The standard InChI is InChI=1S/C29H37Cl2NO3/c1-5-28(34,6-2)17-35-21-12-13-22(24(31)16-21)23-14-15-29(7-3)26(18(4)32-27(29)33)25(23)19-8-10-20(30)11-9-19/h8-13,16,18,23,25-26,34H,5-7,14-15,17H2,1-4H3,(H,32,33)/t18-,23+,25+,26+,29-/m1/s1. The van der Waals surface area contributed by atoms with E-state index in [1.165, 1.54) is 5.56 Å². The van der Waals surface area contributed by atoms with Gasteiger partial charge in [0, 0.05) is 22.0 Å². The first kappa shape index (κ1) is 26.3. The molecule has 2 fully saturated rings. The maximum Gasteiger partial charge on any atom is 0.226 e. The van der Waals surface area contributed by atoms with E-state index in [0.29, 0.717) is 28.6 Å². The number of amides is 1. The summed E-state index contributed by atoms with van der Waals surface area (Å²) in [5, 5.41) is 15.2. The zero-order valence-electron chi connectivity index (χ0n) is 21.1. The maximum atomic E-state index is 13.2. The molecule has 4 nitrogen and oxygen atoms in total. The van der Waals surface area contributed by atoms with Gasteiger partial charge in [0.2, 0.25) is 5.91 Å². The molecule has 0 radical (unpaired) electrons. The van der Waals surface area contributed by atoms with E-state index in [1.807, 2.05) is 38.1 Å². The number of carbonyl (C=O) groups excluding carboxylic acids is 1. The van der Waals surface area contributed by atoms with Gasteiger partial charge in [0.25, 0.3) is 0 Å². The molecule has 190 valence electrons. The number of aliphatic hydroxyl groups is 1. The molecular formula is C29H37Cl2NO3. The van der Waals surface area contributed by atoms with Crippen LogP contribution in [-0.2, 0) is 4.79 Å². The van der Waals surface area contributed by atoms with Crippen molar-refractivity contribution in [2.45, 2.75) is 83.3 Å². The second kappa shape index (κ2) is 10.3. The SMILES string of the molecule is CCC(O)(CC)COc1ccc([C@@H]2CC[C@@]3(CC)C(=O)N[C@H](C)[C@H]3[C@H]2c2ccc(Cl)cc2)c(Cl)c1. The van der Waals surface area contributed by atoms with Gasteiger partial charge in [0.1, 0.15) is 12.4 Å². The van der Waals surface area contributed by atoms with E-state index in [-0.39, 0.29) is 41.7 Å². The second-order valence-corrected chi connectivity index (χ2v) is 11.3. The minimum atomic E-state index is -0.837. The molecule has 1 aliphatic heterocycles. The summed E-state index contributed by atoms with van der Waals surface area (Å²) in [6.07, 6.45) is 3.80. The average molecular weight is 519 g/mol. The molecule has 4 rings (SSSR count). The Hall–Kier alpha value is -1.75. The van der Waals surface area contributed by atoms with E-state index in [1.54, 1.807) is 0 Å². The van der Waals surface area contributed by atoms with Crippen molar-refractivity contribution in [1.82, 2.24) is 5.32 Å². The highest BCUT2D eigenvalue weighted by atomic mass is 35.5. The monoisotopic (exact) mass is 517 g/mol. The highest BCUT2D eigenvalue weighted by Crippen LogP contribution is 2.60. The highest BCUT2D eigenvalue weighted by Gasteiger charge is 2.59. The van der Waals surface area contributed by atoms with Crippen molar-refractivity contribution in [2.24, 2.45) is 11.3 Å². The zero-order chi connectivity index (χ0) is 25.4. The summed E-state index contributed by atoms with van der Waals surface area (Å²) in [4.78, 5) is 13.2. The summed E-state index contributed by atoms with van der Waals surface area (Å²) in [5.41, 5.74) is 1.07. The third-order valence-corrected chi connectivity index (χ3v) is 9.37. The quantitative estimate of drug-likeness (QED) is 0.391. The van der Waals surface area contributed by atoms with Crippen LogP contribution in [0.3, 0.4) is 0 Å². The third kappa shape index (κ3) is 4.82. The van der Waals surface area contributed by atoms with Crippen LogP contribution >= 0.6 is 23.2 Å². The summed E-state index contributed by atoms with van der Waals surface area (Å²) < 4.78 is 5.93. The average Bonchev–Trinajstić information content (AvgIpc) is 3.12. The summed E-state index contributed by atoms with van der Waals surface area (Å²) in [7, 11) is 0. The zero-order valence-corrected chi connectivity index (χ0v) is 22.6. The predicted molar refractivity (Wildman–Crippen MR) is 142 cm³/mol. The topological polar surface area (TPSA) is 58.6 Å². The van der Waals surface area contributed by atoms with Gasteiger partial charge < -0.3 is 15.2 Å². The van der Waals surface area contributed by atoms with Crippen molar-refractivity contribution >= 4 is 29.1 Å². The maximum absolute atomic E-state index is 13.2. The lowest BCUT2D eigenvalue weighted by Crippen LogP contribution is -2.43. The van der Waals surface area contributed by atoms with Crippen LogP contribution in [0.2, 0.25) is 10.0 Å². The summed E-state index contributed by atoms with van der Waals surface area (Å²) in [5.74, 6) is 1.30. The molecule has 5 atom stereocenters. The molecular weight excluding hydrogens is 481 g/mol. The molecule has 2 aromatic carbocycles. The van der Waals surface area contributed by atoms with Gasteiger partial charge in [-0.1, -0.05) is 62.2 Å². The fourth-order valence-corrected chi connectivity index (χ4v) is 6.90. The van der Waals surface area contributed by atoms with E-state index in [2.05, 4.69) is 37.4 Å². The lowest BCUT2D eigenvalue weighted by Gasteiger charge is -2.47. The van der Waals surface area contributed by atoms with Crippen LogP contribution in [0.15, 0.2) is 42.5 Å². The van der Waals surface area contributed by atoms with E-state index in [4.69, 9.17) is 27.9 Å². The number of hydrogen-bond donors (Lipinski definition) is 2. The first-order valence-corrected chi connectivity index (χ1v) is 13.6. The Kier molecular flexibility index (Phi) is 7.76. The summed E-state index contributed by atoms with van der Waals surface area (Å²) >= 11 is 13.1. The van der Waals surface area contributed by atoms with Crippen LogP contribution in [0, 0.1) is 11.3 Å². The Bertz CT molecular complexity index is 1050. The minimum absolute atomic E-state index is 0.0769. The Morgan fingerprint density at radius 1 is 1.11 bits per heavy atom. The van der Waals surface area contributed by atoms with Crippen molar-refractivity contribution in [3.63, 3.8) is 0 Å². The number of rotatable bonds is 8. The Morgan fingerprint density at radius 2 is 1.80 bits per heavy atom. The number of nitrogens with one attached hydrogen (secondary N) is 1. The van der Waals surface area contributed by atoms with Gasteiger partial charge >= 0.3 is 0 Å². The Balaban J connectivity index is 1.70. The fourth-order valence-electron chi connectivity index (χ4n) is 6.46.